The predicted octanol–water partition coefficient (Wildman–Crippen LogP) is 3.11. The molecule has 0 aliphatic heterocycles. The van der Waals surface area contributed by atoms with E-state index in [0.717, 1.165) is 30.5 Å². The summed E-state index contributed by atoms with van der Waals surface area (Å²) in [5.41, 5.74) is 13.6. The maximum Gasteiger partial charge on any atom is 0.254 e. The van der Waals surface area contributed by atoms with Crippen LogP contribution in [0.4, 0.5) is 0 Å². The summed E-state index contributed by atoms with van der Waals surface area (Å²) in [6.45, 7) is 7.30. The second-order valence-electron chi connectivity index (χ2n) is 7.99. The van der Waals surface area contributed by atoms with Gasteiger partial charge in [0.05, 0.1) is 0 Å². The number of nitrogens with one attached hydrogen (secondary N) is 1. The number of aliphatic imine (C=N–C) groups is 1. The largest absolute Gasteiger partial charge is 0.370 e. The van der Waals surface area contributed by atoms with Gasteiger partial charge >= 0.3 is 0 Å². The number of aromatic nitrogens is 1. The molecule has 7 nitrogen and oxygen atoms in total. The third-order valence-corrected chi connectivity index (χ3v) is 4.67. The van der Waals surface area contributed by atoms with Crippen molar-refractivity contribution in [2.75, 3.05) is 6.54 Å². The minimum atomic E-state index is 0.117. The van der Waals surface area contributed by atoms with Crippen LogP contribution in [0.3, 0.4) is 0 Å². The summed E-state index contributed by atoms with van der Waals surface area (Å²) in [6, 6.07) is 12.3. The van der Waals surface area contributed by atoms with Crippen molar-refractivity contribution in [3.05, 3.63) is 69.6 Å². The fraction of sp³-hybridized carbons (Fsp3) is 0.480. The number of nitrogens with zero attached hydrogens (tertiary/aromatic N) is 2. The molecule has 176 valence electrons. The van der Waals surface area contributed by atoms with Gasteiger partial charge in [0, 0.05) is 37.3 Å². The smallest absolute Gasteiger partial charge is 0.254 e. The Balaban J connectivity index is 0.000000297. The molecule has 1 aromatic heterocycles. The summed E-state index contributed by atoms with van der Waals surface area (Å²) in [4.78, 5) is 25.9. The number of nitrogens with two attached hydrogens (primary N) is 2. The van der Waals surface area contributed by atoms with Gasteiger partial charge in [0.1, 0.15) is 0 Å². The van der Waals surface area contributed by atoms with Crippen molar-refractivity contribution in [1.29, 1.82) is 0 Å². The topological polar surface area (TPSA) is 116 Å². The van der Waals surface area contributed by atoms with E-state index in [2.05, 4.69) is 22.4 Å². The van der Waals surface area contributed by atoms with Gasteiger partial charge in [-0.2, -0.15) is 0 Å². The monoisotopic (exact) mass is 441 g/mol. The molecule has 0 radical (unpaired) electrons. The van der Waals surface area contributed by atoms with Crippen molar-refractivity contribution in [2.45, 2.75) is 71.9 Å². The second kappa shape index (κ2) is 15.7. The van der Waals surface area contributed by atoms with Crippen molar-refractivity contribution in [3.63, 3.8) is 0 Å². The van der Waals surface area contributed by atoms with E-state index in [0.29, 0.717) is 19.4 Å². The van der Waals surface area contributed by atoms with Gasteiger partial charge in [-0.3, -0.25) is 14.6 Å². The van der Waals surface area contributed by atoms with E-state index in [4.69, 9.17) is 11.5 Å². The summed E-state index contributed by atoms with van der Waals surface area (Å²) < 4.78 is 1.77. The first kappa shape index (κ1) is 26.9. The molecule has 1 saturated carbocycles. The highest BCUT2D eigenvalue weighted by Gasteiger charge is 2.05. The Morgan fingerprint density at radius 1 is 1.22 bits per heavy atom. The number of aryl methyl sites for hydroxylation is 2. The summed E-state index contributed by atoms with van der Waals surface area (Å²) in [6.07, 6.45) is 9.58. The van der Waals surface area contributed by atoms with Crippen LogP contribution in [0.1, 0.15) is 62.6 Å². The van der Waals surface area contributed by atoms with Gasteiger partial charge < -0.3 is 21.4 Å². The summed E-state index contributed by atoms with van der Waals surface area (Å²) in [7, 11) is 0. The first-order valence-corrected chi connectivity index (χ1v) is 11.4. The Morgan fingerprint density at radius 2 is 1.88 bits per heavy atom. The summed E-state index contributed by atoms with van der Waals surface area (Å²) in [5, 5.41) is 2.64. The van der Waals surface area contributed by atoms with E-state index in [1.54, 1.807) is 4.57 Å². The number of benzene rings is 1. The van der Waals surface area contributed by atoms with E-state index in [1.165, 1.54) is 24.8 Å². The van der Waals surface area contributed by atoms with Gasteiger partial charge in [-0.15, -0.1) is 0 Å². The van der Waals surface area contributed by atoms with Crippen molar-refractivity contribution >= 4 is 12.4 Å². The quantitative estimate of drug-likeness (QED) is 0.240. The van der Waals surface area contributed by atoms with E-state index in [1.807, 2.05) is 51.2 Å². The maximum atomic E-state index is 12.1. The molecule has 1 heterocycles. The molecular weight excluding hydrogens is 402 g/mol. The molecule has 1 aliphatic rings. The zero-order valence-corrected chi connectivity index (χ0v) is 19.7. The first-order chi connectivity index (χ1) is 15.4. The van der Waals surface area contributed by atoms with Gasteiger partial charge in [0.25, 0.3) is 5.56 Å². The minimum absolute atomic E-state index is 0.117. The van der Waals surface area contributed by atoms with Crippen molar-refractivity contribution in [1.82, 2.24) is 9.88 Å². The lowest BCUT2D eigenvalue weighted by Gasteiger charge is -2.08. The van der Waals surface area contributed by atoms with Crippen LogP contribution in [0.5, 0.6) is 0 Å². The SMILES string of the molecule is C1CC1.CC(CCCN=C(N)N)NC=O.CCn1cc(C)cc(Cc2ccccc2)c1=O. The molecule has 3 rings (SSSR count). The molecule has 0 bridgehead atoms. The number of pyridine rings is 1. The van der Waals surface area contributed by atoms with Gasteiger partial charge in [0.15, 0.2) is 5.96 Å². The summed E-state index contributed by atoms with van der Waals surface area (Å²) in [5.74, 6) is 0.117. The summed E-state index contributed by atoms with van der Waals surface area (Å²) >= 11 is 0. The Hall–Kier alpha value is -3.09. The number of hydrogen-bond acceptors (Lipinski definition) is 3. The fourth-order valence-electron chi connectivity index (χ4n) is 2.85. The third kappa shape index (κ3) is 12.6. The second-order valence-corrected chi connectivity index (χ2v) is 7.99. The normalized spacial score (nSPS) is 12.2. The van der Waals surface area contributed by atoms with Gasteiger partial charge in [-0.1, -0.05) is 49.6 Å². The van der Waals surface area contributed by atoms with Crippen LogP contribution in [-0.2, 0) is 17.8 Å². The number of carbonyl (C=O) groups is 1. The Morgan fingerprint density at radius 3 is 2.41 bits per heavy atom. The lowest BCUT2D eigenvalue weighted by Crippen LogP contribution is -2.25. The van der Waals surface area contributed by atoms with Crippen LogP contribution in [-0.4, -0.2) is 29.5 Å². The van der Waals surface area contributed by atoms with Crippen LogP contribution in [0.2, 0.25) is 0 Å². The van der Waals surface area contributed by atoms with Crippen molar-refractivity contribution < 1.29 is 4.79 Å². The van der Waals surface area contributed by atoms with E-state index >= 15 is 0 Å². The van der Waals surface area contributed by atoms with Crippen LogP contribution in [0, 0.1) is 6.92 Å². The molecule has 1 aromatic carbocycles. The molecule has 1 unspecified atom stereocenters. The first-order valence-electron chi connectivity index (χ1n) is 11.4. The van der Waals surface area contributed by atoms with E-state index in [9.17, 15) is 9.59 Å². The number of amides is 1. The number of hydrogen-bond donors (Lipinski definition) is 3. The third-order valence-electron chi connectivity index (χ3n) is 4.67. The molecule has 2 aromatic rings. The number of carbonyl (C=O) groups excluding carboxylic acids is 1. The molecule has 1 atom stereocenters. The van der Waals surface area contributed by atoms with Crippen LogP contribution >= 0.6 is 0 Å². The molecule has 32 heavy (non-hydrogen) atoms. The lowest BCUT2D eigenvalue weighted by atomic mass is 10.1. The van der Waals surface area contributed by atoms with Gasteiger partial charge in [-0.05, 0) is 50.8 Å². The van der Waals surface area contributed by atoms with Crippen LogP contribution < -0.4 is 22.3 Å². The van der Waals surface area contributed by atoms with Gasteiger partial charge in [0.2, 0.25) is 6.41 Å². The molecule has 1 fully saturated rings. The minimum Gasteiger partial charge on any atom is -0.370 e. The van der Waals surface area contributed by atoms with E-state index < -0.39 is 0 Å². The predicted molar refractivity (Wildman–Crippen MR) is 133 cm³/mol. The molecular formula is C25H39N5O2. The number of rotatable bonds is 9. The van der Waals surface area contributed by atoms with Crippen LogP contribution in [0.15, 0.2) is 52.4 Å². The van der Waals surface area contributed by atoms with Gasteiger partial charge in [-0.25, -0.2) is 0 Å². The Labute approximate surface area is 191 Å². The Bertz CT molecular complexity index is 869. The molecule has 1 aliphatic carbocycles. The van der Waals surface area contributed by atoms with Crippen LogP contribution in [0.25, 0.3) is 0 Å². The molecule has 5 N–H and O–H groups in total. The highest BCUT2D eigenvalue weighted by atomic mass is 16.1. The van der Waals surface area contributed by atoms with E-state index in [-0.39, 0.29) is 17.6 Å². The number of guanidine groups is 1. The molecule has 1 amide bonds. The van der Waals surface area contributed by atoms with Crippen molar-refractivity contribution in [2.24, 2.45) is 16.5 Å². The average molecular weight is 442 g/mol. The molecule has 0 spiro atoms. The Kier molecular flexibility index (Phi) is 13.2. The lowest BCUT2D eigenvalue weighted by molar-refractivity contribution is -0.110. The molecule has 7 heteroatoms. The highest BCUT2D eigenvalue weighted by molar-refractivity contribution is 5.75. The fourth-order valence-corrected chi connectivity index (χ4v) is 2.85. The maximum absolute atomic E-state index is 12.1. The average Bonchev–Trinajstić information content (AvgIpc) is 3.64. The zero-order chi connectivity index (χ0) is 23.8. The standard InChI is InChI=1S/C15H17NO.C7H16N4O.C3H6/c1-3-16-11-12(2)9-14(15(16)17)10-13-7-5-4-6-8-13;1-6(11-5-12)3-2-4-10-7(8)9;1-2-3-1/h4-9,11H,3,10H2,1-2H3;5-6H,2-4H2,1H3,(H,11,12)(H4,8,9,10);1-3H2. The molecule has 0 saturated heterocycles. The highest BCUT2D eigenvalue weighted by Crippen LogP contribution is 2.14. The zero-order valence-electron chi connectivity index (χ0n) is 19.7. The van der Waals surface area contributed by atoms with Crippen molar-refractivity contribution in [3.8, 4) is 0 Å².